The fourth-order valence-electron chi connectivity index (χ4n) is 7.45. The molecule has 0 heterocycles. The molecule has 6 nitrogen and oxygen atoms in total. The quantitative estimate of drug-likeness (QED) is 0.0376. The Morgan fingerprint density at radius 2 is 0.796 bits per heavy atom. The Morgan fingerprint density at radius 3 is 1.17 bits per heavy atom. The number of carbonyl (C=O) groups is 2. The van der Waals surface area contributed by atoms with Gasteiger partial charge in [0.25, 0.3) is 5.17 Å². The van der Waals surface area contributed by atoms with Gasteiger partial charge in [-0.05, 0) is 81.8 Å². The lowest BCUT2D eigenvalue weighted by Gasteiger charge is -2.20. The summed E-state index contributed by atoms with van der Waals surface area (Å²) < 4.78 is 17.5. The number of hydrogen-bond donors (Lipinski definition) is 1. The third kappa shape index (κ3) is 36.3. The molecule has 54 heavy (non-hydrogen) atoms. The molecule has 0 aromatic rings. The fraction of sp³-hybridized carbons (Fsp3) is 0.936. The minimum absolute atomic E-state index is 0.0213. The van der Waals surface area contributed by atoms with Crippen LogP contribution in [0.2, 0.25) is 0 Å². The summed E-state index contributed by atoms with van der Waals surface area (Å²) in [7, 11) is 0. The number of thiocarbonyl (C=S) groups is 1. The Kier molecular flexibility index (Phi) is 40.2. The number of nitrogens with one attached hydrogen (secondary N) is 1. The smallest absolute Gasteiger partial charge is 0.305 e. The molecule has 0 aliphatic heterocycles. The predicted octanol–water partition coefficient (Wildman–Crippen LogP) is 14.5. The molecule has 0 aliphatic carbocycles. The summed E-state index contributed by atoms with van der Waals surface area (Å²) in [5.74, 6) is 1.37. The van der Waals surface area contributed by atoms with E-state index in [1.165, 1.54) is 103 Å². The first-order valence-electron chi connectivity index (χ1n) is 23.6. The highest BCUT2D eigenvalue weighted by Crippen LogP contribution is 2.23. The van der Waals surface area contributed by atoms with E-state index in [9.17, 15) is 9.59 Å². The van der Waals surface area contributed by atoms with Crippen LogP contribution in [0.3, 0.4) is 0 Å². The third-order valence-corrected chi connectivity index (χ3v) is 11.3. The lowest BCUT2D eigenvalue weighted by atomic mass is 9.92. The van der Waals surface area contributed by atoms with Gasteiger partial charge in [0.2, 0.25) is 0 Å². The van der Waals surface area contributed by atoms with Crippen molar-refractivity contribution in [2.24, 2.45) is 11.8 Å². The fourth-order valence-corrected chi connectivity index (χ4v) is 7.69. The van der Waals surface area contributed by atoms with Crippen molar-refractivity contribution in [1.82, 2.24) is 5.32 Å². The van der Waals surface area contributed by atoms with Gasteiger partial charge < -0.3 is 19.5 Å². The average Bonchev–Trinajstić information content (AvgIpc) is 3.16. The largest absolute Gasteiger partial charge is 0.468 e. The molecule has 0 atom stereocenters. The Labute approximate surface area is 341 Å². The lowest BCUT2D eigenvalue weighted by molar-refractivity contribution is -0.145. The molecule has 0 rings (SSSR count). The topological polar surface area (TPSA) is 73.9 Å². The summed E-state index contributed by atoms with van der Waals surface area (Å²) in [6.45, 7) is 13.2. The molecule has 0 aromatic heterocycles. The van der Waals surface area contributed by atoms with Crippen LogP contribution in [0.15, 0.2) is 0 Å². The first kappa shape index (κ1) is 52.6. The zero-order valence-electron chi connectivity index (χ0n) is 36.6. The van der Waals surface area contributed by atoms with Crippen molar-refractivity contribution in [3.63, 3.8) is 0 Å². The van der Waals surface area contributed by atoms with Crippen LogP contribution in [0.25, 0.3) is 0 Å². The second-order valence-corrected chi connectivity index (χ2v) is 16.7. The average molecular weight is 782 g/mol. The Bertz CT molecular complexity index is 763. The first-order chi connectivity index (χ1) is 26.4. The van der Waals surface area contributed by atoms with E-state index in [-0.39, 0.29) is 18.0 Å². The van der Waals surface area contributed by atoms with Gasteiger partial charge in [-0.1, -0.05) is 176 Å². The van der Waals surface area contributed by atoms with Crippen molar-refractivity contribution in [2.75, 3.05) is 19.8 Å². The van der Waals surface area contributed by atoms with Gasteiger partial charge in [-0.2, -0.15) is 0 Å². The predicted molar refractivity (Wildman–Crippen MR) is 235 cm³/mol. The monoisotopic (exact) mass is 782 g/mol. The minimum atomic E-state index is -0.0213. The number of carbonyl (C=O) groups excluding carboxylic acids is 2. The Balaban J connectivity index is 4.22. The molecular weight excluding hydrogens is 691 g/mol. The van der Waals surface area contributed by atoms with Gasteiger partial charge in [0.15, 0.2) is 0 Å². The van der Waals surface area contributed by atoms with Crippen molar-refractivity contribution in [1.29, 1.82) is 0 Å². The van der Waals surface area contributed by atoms with Crippen LogP contribution in [-0.2, 0) is 23.8 Å². The lowest BCUT2D eigenvalue weighted by Crippen LogP contribution is -2.29. The highest BCUT2D eigenvalue weighted by atomic mass is 32.1. The molecule has 0 amide bonds. The highest BCUT2D eigenvalue weighted by molar-refractivity contribution is 7.80. The molecule has 0 saturated heterocycles. The number of unbranched alkanes of at least 4 members (excludes halogenated alkanes) is 16. The van der Waals surface area contributed by atoms with Crippen LogP contribution in [0.4, 0.5) is 0 Å². The molecule has 0 radical (unpaired) electrons. The highest BCUT2D eigenvalue weighted by Gasteiger charge is 2.14. The molecular formula is C47H91NO5S. The van der Waals surface area contributed by atoms with E-state index in [4.69, 9.17) is 26.4 Å². The van der Waals surface area contributed by atoms with Crippen molar-refractivity contribution in [3.05, 3.63) is 0 Å². The Morgan fingerprint density at radius 1 is 0.444 bits per heavy atom. The molecule has 0 aliphatic rings. The van der Waals surface area contributed by atoms with Gasteiger partial charge in [0.05, 0.1) is 13.2 Å². The maximum atomic E-state index is 12.4. The zero-order chi connectivity index (χ0) is 39.7. The summed E-state index contributed by atoms with van der Waals surface area (Å²) >= 11 is 5.48. The van der Waals surface area contributed by atoms with Crippen molar-refractivity contribution in [2.45, 2.75) is 253 Å². The van der Waals surface area contributed by atoms with Crippen LogP contribution in [0.5, 0.6) is 0 Å². The summed E-state index contributed by atoms with van der Waals surface area (Å²) in [5, 5.41) is 3.76. The standard InChI is InChI=1S/C47H91NO5S/c1-6-11-21-29-42(30-22-12-7-2)37-40-51-45(49)35-27-19-15-17-25-33-44(53-47(54)48-39-10-5)34-26-18-16-20-28-36-46(50)52-41-38-43(31-23-13-8-3)32-24-14-9-4/h42-44H,6-41H2,1-5H3,(H,48,54). The third-order valence-electron chi connectivity index (χ3n) is 11.0. The summed E-state index contributed by atoms with van der Waals surface area (Å²) in [6.07, 6.45) is 37.7. The van der Waals surface area contributed by atoms with Crippen LogP contribution in [0.1, 0.15) is 247 Å². The molecule has 0 spiro atoms. The van der Waals surface area contributed by atoms with Gasteiger partial charge in [-0.3, -0.25) is 9.59 Å². The van der Waals surface area contributed by atoms with E-state index >= 15 is 0 Å². The van der Waals surface area contributed by atoms with E-state index < -0.39 is 0 Å². The SMILES string of the molecule is CCCCCC(CCCCC)CCOC(=O)CCCCCCCC(CCCCCCCC(=O)OCCC(CCCCC)CCCCC)OC(=S)NCCC. The maximum Gasteiger partial charge on any atom is 0.305 e. The van der Waals surface area contributed by atoms with E-state index in [0.29, 0.717) is 43.1 Å². The van der Waals surface area contributed by atoms with Crippen LogP contribution < -0.4 is 5.32 Å². The van der Waals surface area contributed by atoms with Crippen LogP contribution in [0, 0.1) is 11.8 Å². The molecule has 0 unspecified atom stereocenters. The second-order valence-electron chi connectivity index (χ2n) is 16.3. The van der Waals surface area contributed by atoms with Crippen LogP contribution in [-0.4, -0.2) is 43.0 Å². The number of rotatable bonds is 41. The maximum absolute atomic E-state index is 12.4. The van der Waals surface area contributed by atoms with Gasteiger partial charge in [-0.25, -0.2) is 0 Å². The summed E-state index contributed by atoms with van der Waals surface area (Å²) in [6, 6.07) is 0. The first-order valence-corrected chi connectivity index (χ1v) is 24.1. The van der Waals surface area contributed by atoms with E-state index in [2.05, 4.69) is 39.9 Å². The molecule has 1 N–H and O–H groups in total. The second kappa shape index (κ2) is 41.3. The molecule has 0 fully saturated rings. The Hall–Kier alpha value is -1.37. The molecule has 7 heteroatoms. The van der Waals surface area contributed by atoms with Crippen molar-refractivity contribution < 1.29 is 23.8 Å². The summed E-state index contributed by atoms with van der Waals surface area (Å²) in [5.41, 5.74) is 0. The van der Waals surface area contributed by atoms with Gasteiger partial charge >= 0.3 is 11.9 Å². The minimum Gasteiger partial charge on any atom is -0.468 e. The van der Waals surface area contributed by atoms with Crippen molar-refractivity contribution >= 4 is 29.3 Å². The van der Waals surface area contributed by atoms with E-state index in [1.54, 1.807) is 0 Å². The molecule has 320 valence electrons. The molecule has 0 bridgehead atoms. The van der Waals surface area contributed by atoms with Gasteiger partial charge in [0, 0.05) is 19.4 Å². The van der Waals surface area contributed by atoms with Gasteiger partial charge in [-0.15, -0.1) is 0 Å². The number of ether oxygens (including phenoxy) is 3. The number of hydrogen-bond acceptors (Lipinski definition) is 6. The van der Waals surface area contributed by atoms with Gasteiger partial charge in [0.1, 0.15) is 6.10 Å². The normalized spacial score (nSPS) is 11.5. The number of esters is 2. The molecule has 0 aromatic carbocycles. The van der Waals surface area contributed by atoms with E-state index in [0.717, 1.165) is 103 Å². The summed E-state index contributed by atoms with van der Waals surface area (Å²) in [4.78, 5) is 24.7. The zero-order valence-corrected chi connectivity index (χ0v) is 37.5. The molecule has 0 saturated carbocycles. The van der Waals surface area contributed by atoms with Crippen LogP contribution >= 0.6 is 12.2 Å². The van der Waals surface area contributed by atoms with E-state index in [1.807, 2.05) is 0 Å². The van der Waals surface area contributed by atoms with Crippen molar-refractivity contribution in [3.8, 4) is 0 Å².